The van der Waals surface area contributed by atoms with E-state index in [0.717, 1.165) is 35.4 Å². The van der Waals surface area contributed by atoms with Gasteiger partial charge in [0.05, 0.1) is 5.56 Å². The number of amides is 1. The second kappa shape index (κ2) is 8.76. The van der Waals surface area contributed by atoms with Crippen LogP contribution in [0.1, 0.15) is 40.7 Å². The highest BCUT2D eigenvalue weighted by Gasteiger charge is 2.36. The van der Waals surface area contributed by atoms with Crippen LogP contribution in [0.25, 0.3) is 22.2 Å². The molecule has 2 heterocycles. The molecule has 35 heavy (non-hydrogen) atoms. The molecular weight excluding hydrogens is 455 g/mol. The van der Waals surface area contributed by atoms with E-state index in [1.165, 1.54) is 12.1 Å². The number of aromatic nitrogens is 1. The van der Waals surface area contributed by atoms with Crippen LogP contribution < -0.4 is 4.90 Å². The number of hydrogen-bond donors (Lipinski definition) is 0. The fourth-order valence-electron chi connectivity index (χ4n) is 4.48. The fourth-order valence-corrected chi connectivity index (χ4v) is 4.48. The quantitative estimate of drug-likeness (QED) is 0.333. The van der Waals surface area contributed by atoms with Gasteiger partial charge in [-0.15, -0.1) is 0 Å². The maximum absolute atomic E-state index is 13.1. The standard InChI is InChI=1S/C27H24F3N3O2/c1-32(2)21-11-8-17(9-12-21)18-10-13-24-22(16-18)31-25(35-24)23-7-4-14-33(23)26(34)19-5-3-6-20(15-19)27(28,29)30/h3,5-6,8-13,15-16,23H,4,7,14H2,1-2H3. The van der Waals surface area contributed by atoms with Crippen LogP contribution >= 0.6 is 0 Å². The third-order valence-corrected chi connectivity index (χ3v) is 6.36. The van der Waals surface area contributed by atoms with Gasteiger partial charge in [-0.25, -0.2) is 4.98 Å². The number of benzene rings is 3. The Hall–Kier alpha value is -3.81. The number of rotatable bonds is 4. The summed E-state index contributed by atoms with van der Waals surface area (Å²) in [5, 5.41) is 0. The molecule has 0 radical (unpaired) electrons. The Balaban J connectivity index is 1.42. The van der Waals surface area contributed by atoms with Crippen LogP contribution in [-0.2, 0) is 6.18 Å². The van der Waals surface area contributed by atoms with Gasteiger partial charge >= 0.3 is 6.18 Å². The Kier molecular flexibility index (Phi) is 5.75. The van der Waals surface area contributed by atoms with Gasteiger partial charge in [-0.05, 0) is 66.4 Å². The van der Waals surface area contributed by atoms with Gasteiger partial charge in [0.2, 0.25) is 5.89 Å². The molecule has 1 aromatic heterocycles. The summed E-state index contributed by atoms with van der Waals surface area (Å²) in [6.07, 6.45) is -3.15. The molecule has 3 aromatic carbocycles. The summed E-state index contributed by atoms with van der Waals surface area (Å²) in [6, 6.07) is 18.0. The topological polar surface area (TPSA) is 49.6 Å². The SMILES string of the molecule is CN(C)c1ccc(-c2ccc3oc(C4CCCN4C(=O)c4cccc(C(F)(F)F)c4)nc3c2)cc1. The van der Waals surface area contributed by atoms with Crippen LogP contribution in [0, 0.1) is 0 Å². The zero-order chi connectivity index (χ0) is 24.7. The molecule has 1 unspecified atom stereocenters. The highest BCUT2D eigenvalue weighted by atomic mass is 19.4. The number of nitrogens with zero attached hydrogens (tertiary/aromatic N) is 3. The zero-order valence-corrected chi connectivity index (χ0v) is 19.3. The van der Waals surface area contributed by atoms with Gasteiger partial charge < -0.3 is 14.2 Å². The molecule has 0 aliphatic carbocycles. The summed E-state index contributed by atoms with van der Waals surface area (Å²) < 4.78 is 45.4. The number of hydrogen-bond acceptors (Lipinski definition) is 4. The highest BCUT2D eigenvalue weighted by molar-refractivity contribution is 5.95. The predicted molar refractivity (Wildman–Crippen MR) is 128 cm³/mol. The molecular formula is C27H24F3N3O2. The molecule has 1 saturated heterocycles. The molecule has 4 aromatic rings. The molecule has 0 saturated carbocycles. The lowest BCUT2D eigenvalue weighted by atomic mass is 10.0. The molecule has 5 nitrogen and oxygen atoms in total. The number of carbonyl (C=O) groups excluding carboxylic acids is 1. The Labute approximate surface area is 200 Å². The summed E-state index contributed by atoms with van der Waals surface area (Å²) in [5.41, 5.74) is 3.58. The summed E-state index contributed by atoms with van der Waals surface area (Å²) >= 11 is 0. The fraction of sp³-hybridized carbons (Fsp3) is 0.259. The third kappa shape index (κ3) is 4.48. The number of carbonyl (C=O) groups is 1. The minimum atomic E-state index is -4.51. The Morgan fingerprint density at radius 2 is 1.77 bits per heavy atom. The van der Waals surface area contributed by atoms with Crippen LogP contribution in [0.15, 0.2) is 71.1 Å². The lowest BCUT2D eigenvalue weighted by molar-refractivity contribution is -0.137. The second-order valence-electron chi connectivity index (χ2n) is 8.91. The van der Waals surface area contributed by atoms with E-state index in [-0.39, 0.29) is 5.56 Å². The third-order valence-electron chi connectivity index (χ3n) is 6.36. The summed E-state index contributed by atoms with van der Waals surface area (Å²) in [4.78, 5) is 21.4. The molecule has 1 fully saturated rings. The van der Waals surface area contributed by atoms with Crippen molar-refractivity contribution in [2.75, 3.05) is 25.5 Å². The van der Waals surface area contributed by atoms with E-state index >= 15 is 0 Å². The van der Waals surface area contributed by atoms with E-state index in [4.69, 9.17) is 4.42 Å². The predicted octanol–water partition coefficient (Wildman–Crippen LogP) is 6.56. The molecule has 1 aliphatic heterocycles. The van der Waals surface area contributed by atoms with Crippen molar-refractivity contribution in [1.82, 2.24) is 9.88 Å². The van der Waals surface area contributed by atoms with Gasteiger partial charge in [-0.2, -0.15) is 13.2 Å². The van der Waals surface area contributed by atoms with E-state index < -0.39 is 23.7 Å². The van der Waals surface area contributed by atoms with Crippen molar-refractivity contribution >= 4 is 22.7 Å². The van der Waals surface area contributed by atoms with Gasteiger partial charge in [0.15, 0.2) is 5.58 Å². The van der Waals surface area contributed by atoms with E-state index in [9.17, 15) is 18.0 Å². The van der Waals surface area contributed by atoms with Gasteiger partial charge in [0.25, 0.3) is 5.91 Å². The molecule has 180 valence electrons. The average Bonchev–Trinajstić information content (AvgIpc) is 3.49. The number of oxazole rings is 1. The largest absolute Gasteiger partial charge is 0.438 e. The minimum absolute atomic E-state index is 0.00583. The lowest BCUT2D eigenvalue weighted by Gasteiger charge is -2.22. The van der Waals surface area contributed by atoms with Crippen LogP contribution in [0.4, 0.5) is 18.9 Å². The maximum Gasteiger partial charge on any atom is 0.416 e. The average molecular weight is 480 g/mol. The molecule has 0 spiro atoms. The number of alkyl halides is 3. The first kappa shape index (κ1) is 23.0. The van der Waals surface area contributed by atoms with E-state index in [2.05, 4.69) is 4.98 Å². The van der Waals surface area contributed by atoms with E-state index in [1.807, 2.05) is 61.5 Å². The lowest BCUT2D eigenvalue weighted by Crippen LogP contribution is -2.31. The second-order valence-corrected chi connectivity index (χ2v) is 8.91. The Bertz CT molecular complexity index is 1380. The molecule has 0 N–H and O–H groups in total. The first-order chi connectivity index (χ1) is 16.7. The van der Waals surface area contributed by atoms with Gasteiger partial charge in [0.1, 0.15) is 11.6 Å². The molecule has 1 atom stereocenters. The molecule has 1 aliphatic rings. The zero-order valence-electron chi connectivity index (χ0n) is 19.3. The Morgan fingerprint density at radius 1 is 1.03 bits per heavy atom. The van der Waals surface area contributed by atoms with Crippen molar-refractivity contribution in [3.05, 3.63) is 83.7 Å². The number of likely N-dealkylation sites (tertiary alicyclic amines) is 1. The van der Waals surface area contributed by atoms with Crippen molar-refractivity contribution in [3.8, 4) is 11.1 Å². The first-order valence-electron chi connectivity index (χ1n) is 11.4. The summed E-state index contributed by atoms with van der Waals surface area (Å²) in [5.74, 6) is -0.0551. The van der Waals surface area contributed by atoms with Crippen molar-refractivity contribution in [2.24, 2.45) is 0 Å². The minimum Gasteiger partial charge on any atom is -0.438 e. The monoisotopic (exact) mass is 479 g/mol. The Morgan fingerprint density at radius 3 is 2.49 bits per heavy atom. The summed E-state index contributed by atoms with van der Waals surface area (Å²) in [7, 11) is 3.98. The van der Waals surface area contributed by atoms with E-state index in [0.29, 0.717) is 30.0 Å². The molecule has 5 rings (SSSR count). The highest BCUT2D eigenvalue weighted by Crippen LogP contribution is 2.36. The summed E-state index contributed by atoms with van der Waals surface area (Å²) in [6.45, 7) is 0.432. The number of fused-ring (bicyclic) bond motifs is 1. The number of anilines is 1. The van der Waals surface area contributed by atoms with E-state index in [1.54, 1.807) is 4.90 Å². The van der Waals surface area contributed by atoms with Crippen LogP contribution in [0.3, 0.4) is 0 Å². The molecule has 1 amide bonds. The van der Waals surface area contributed by atoms with Crippen molar-refractivity contribution in [1.29, 1.82) is 0 Å². The molecule has 8 heteroatoms. The van der Waals surface area contributed by atoms with Crippen molar-refractivity contribution in [2.45, 2.75) is 25.1 Å². The maximum atomic E-state index is 13.1. The molecule has 0 bridgehead atoms. The van der Waals surface area contributed by atoms with Gasteiger partial charge in [-0.1, -0.05) is 24.3 Å². The van der Waals surface area contributed by atoms with Crippen LogP contribution in [0.5, 0.6) is 0 Å². The first-order valence-corrected chi connectivity index (χ1v) is 11.4. The van der Waals surface area contributed by atoms with Gasteiger partial charge in [-0.3, -0.25) is 4.79 Å². The van der Waals surface area contributed by atoms with Crippen molar-refractivity contribution < 1.29 is 22.4 Å². The number of halogens is 3. The smallest absolute Gasteiger partial charge is 0.416 e. The van der Waals surface area contributed by atoms with Crippen LogP contribution in [-0.4, -0.2) is 36.4 Å². The van der Waals surface area contributed by atoms with Crippen molar-refractivity contribution in [3.63, 3.8) is 0 Å². The van der Waals surface area contributed by atoms with Crippen LogP contribution in [0.2, 0.25) is 0 Å². The normalized spacial score (nSPS) is 16.1. The van der Waals surface area contributed by atoms with Gasteiger partial charge in [0, 0.05) is 31.9 Å².